The molecule has 10 rings (SSSR count). The van der Waals surface area contributed by atoms with Gasteiger partial charge in [0.1, 0.15) is 85.5 Å². The van der Waals surface area contributed by atoms with Crippen LogP contribution in [0.2, 0.25) is 0 Å². The summed E-state index contributed by atoms with van der Waals surface area (Å²) in [7, 11) is 0. The van der Waals surface area contributed by atoms with Crippen molar-refractivity contribution in [3.63, 3.8) is 0 Å². The lowest BCUT2D eigenvalue weighted by Crippen LogP contribution is -2.72. The first-order valence-corrected chi connectivity index (χ1v) is 26.8. The van der Waals surface area contributed by atoms with Gasteiger partial charge in [-0.15, -0.1) is 0 Å². The van der Waals surface area contributed by atoms with Crippen LogP contribution < -0.4 is 0 Å². The molecule has 9 fully saturated rings. The SMILES string of the molecule is CC1(C)CCC23COC4(C=CC5C6(C)CCC(OC7OCC(OC8OC(CO)C(O)C(O)C8OC8OCC(O)C(O)C8O)C(O)C7OC7OC(CO)C(O)C(O)C7O)C(C)(C)C6CCC5(C)C4(C)CC2O)C3C1. The minimum atomic E-state index is -1.88. The molecular formula is C52H84O21. The zero-order chi connectivity index (χ0) is 52.7. The van der Waals surface area contributed by atoms with Crippen molar-refractivity contribution in [3.05, 3.63) is 12.2 Å². The molecule has 73 heavy (non-hydrogen) atoms. The standard InChI is InChI=1S/C52H84O21/c1-46(2)14-15-51-22-67-52(29(51)16-46)13-9-28-48(5)11-10-31(47(3,4)27(48)8-12-49(28,6)50(52,7)17-30(51)56)71-44-40(73-43-39(64)36(61)33(58)24(18-53)68-43)35(60)26(21-66-44)70-45-41(37(62)34(59)25(19-54)69-45)72-42-38(63)32(57)23(55)20-65-42/h9,13,23-45,53-64H,8,10-12,14-22H2,1-7H3. The van der Waals surface area contributed by atoms with E-state index in [4.69, 9.17) is 42.6 Å². The van der Waals surface area contributed by atoms with Crippen LogP contribution in [0.4, 0.5) is 0 Å². The third-order valence-corrected chi connectivity index (χ3v) is 21.3. The summed E-state index contributed by atoms with van der Waals surface area (Å²) in [5, 5.41) is 130. The predicted octanol–water partition coefficient (Wildman–Crippen LogP) is -1.30. The van der Waals surface area contributed by atoms with Crippen molar-refractivity contribution >= 4 is 0 Å². The zero-order valence-corrected chi connectivity index (χ0v) is 43.2. The summed E-state index contributed by atoms with van der Waals surface area (Å²) in [5.74, 6) is 0.481. The van der Waals surface area contributed by atoms with Gasteiger partial charge in [0, 0.05) is 16.7 Å². The van der Waals surface area contributed by atoms with Crippen LogP contribution in [0.25, 0.3) is 0 Å². The molecule has 5 aliphatic heterocycles. The zero-order valence-electron chi connectivity index (χ0n) is 43.2. The molecule has 12 N–H and O–H groups in total. The maximum absolute atomic E-state index is 12.3. The Morgan fingerprint density at radius 1 is 0.562 bits per heavy atom. The van der Waals surface area contributed by atoms with Gasteiger partial charge < -0.3 is 104 Å². The van der Waals surface area contributed by atoms with Crippen LogP contribution in [-0.4, -0.2) is 223 Å². The van der Waals surface area contributed by atoms with Gasteiger partial charge in [0.25, 0.3) is 0 Å². The first-order chi connectivity index (χ1) is 34.2. The van der Waals surface area contributed by atoms with Crippen molar-refractivity contribution in [1.82, 2.24) is 0 Å². The van der Waals surface area contributed by atoms with Gasteiger partial charge in [-0.3, -0.25) is 0 Å². The van der Waals surface area contributed by atoms with Crippen LogP contribution in [0, 0.1) is 50.2 Å². The molecule has 5 saturated heterocycles. The van der Waals surface area contributed by atoms with Gasteiger partial charge in [0.05, 0.1) is 50.8 Å². The van der Waals surface area contributed by atoms with Crippen molar-refractivity contribution in [2.75, 3.05) is 33.0 Å². The van der Waals surface area contributed by atoms with Crippen molar-refractivity contribution in [1.29, 1.82) is 0 Å². The average Bonchev–Trinajstić information content (AvgIpc) is 3.62. The second kappa shape index (κ2) is 19.3. The summed E-state index contributed by atoms with van der Waals surface area (Å²) in [6, 6.07) is 0. The van der Waals surface area contributed by atoms with E-state index in [2.05, 4.69) is 60.6 Å². The summed E-state index contributed by atoms with van der Waals surface area (Å²) in [4.78, 5) is 0. The highest BCUT2D eigenvalue weighted by Crippen LogP contribution is 2.79. The van der Waals surface area contributed by atoms with Gasteiger partial charge in [0.15, 0.2) is 25.2 Å². The van der Waals surface area contributed by atoms with E-state index in [9.17, 15) is 61.3 Å². The Bertz CT molecular complexity index is 2010. The molecular weight excluding hydrogens is 961 g/mol. The largest absolute Gasteiger partial charge is 0.394 e. The summed E-state index contributed by atoms with van der Waals surface area (Å²) < 4.78 is 55.9. The van der Waals surface area contributed by atoms with E-state index in [1.54, 1.807) is 0 Å². The quantitative estimate of drug-likeness (QED) is 0.0894. The number of aliphatic hydroxyl groups is 12. The molecule has 5 aliphatic carbocycles. The van der Waals surface area contributed by atoms with Crippen molar-refractivity contribution < 1.29 is 104 Å². The van der Waals surface area contributed by atoms with Crippen molar-refractivity contribution in [2.24, 2.45) is 50.2 Å². The van der Waals surface area contributed by atoms with Crippen LogP contribution in [-0.2, 0) is 42.6 Å². The van der Waals surface area contributed by atoms with Gasteiger partial charge in [-0.05, 0) is 84.9 Å². The van der Waals surface area contributed by atoms with E-state index >= 15 is 0 Å². The molecule has 5 heterocycles. The molecule has 28 unspecified atom stereocenters. The normalized spacial score (nSPS) is 57.3. The fourth-order valence-corrected chi connectivity index (χ4v) is 16.7. The molecule has 2 bridgehead atoms. The molecule has 28 atom stereocenters. The van der Waals surface area contributed by atoms with E-state index < -0.39 is 160 Å². The Balaban J connectivity index is 0.911. The molecule has 21 heteroatoms. The van der Waals surface area contributed by atoms with Gasteiger partial charge in [-0.25, -0.2) is 0 Å². The van der Waals surface area contributed by atoms with Crippen LogP contribution in [0.3, 0.4) is 0 Å². The van der Waals surface area contributed by atoms with Gasteiger partial charge in [0.2, 0.25) is 0 Å². The molecule has 0 aromatic carbocycles. The summed E-state index contributed by atoms with van der Waals surface area (Å²) in [6.07, 6.45) is -19.0. The van der Waals surface area contributed by atoms with Gasteiger partial charge >= 0.3 is 0 Å². The van der Waals surface area contributed by atoms with Crippen molar-refractivity contribution in [2.45, 2.75) is 228 Å². The molecule has 1 spiro atoms. The topological polar surface area (TPSA) is 326 Å². The van der Waals surface area contributed by atoms with Gasteiger partial charge in [-0.1, -0.05) is 60.6 Å². The fourth-order valence-electron chi connectivity index (χ4n) is 16.7. The van der Waals surface area contributed by atoms with Crippen molar-refractivity contribution in [3.8, 4) is 0 Å². The number of hydrogen-bond acceptors (Lipinski definition) is 21. The Morgan fingerprint density at radius 2 is 1.19 bits per heavy atom. The van der Waals surface area contributed by atoms with Crippen LogP contribution in [0.15, 0.2) is 12.2 Å². The van der Waals surface area contributed by atoms with Gasteiger partial charge in [-0.2, -0.15) is 0 Å². The molecule has 0 radical (unpaired) electrons. The lowest BCUT2D eigenvalue weighted by Gasteiger charge is -2.73. The minimum absolute atomic E-state index is 0.122. The highest BCUT2D eigenvalue weighted by molar-refractivity contribution is 5.36. The molecule has 10 aliphatic rings. The summed E-state index contributed by atoms with van der Waals surface area (Å²) >= 11 is 0. The van der Waals surface area contributed by atoms with Crippen LogP contribution in [0.1, 0.15) is 99.8 Å². The van der Waals surface area contributed by atoms with Crippen LogP contribution >= 0.6 is 0 Å². The highest BCUT2D eigenvalue weighted by atomic mass is 16.8. The molecule has 21 nitrogen and oxygen atoms in total. The minimum Gasteiger partial charge on any atom is -0.394 e. The van der Waals surface area contributed by atoms with E-state index in [-0.39, 0.29) is 44.8 Å². The lowest BCUT2D eigenvalue weighted by atomic mass is 9.32. The van der Waals surface area contributed by atoms with Crippen LogP contribution in [0.5, 0.6) is 0 Å². The molecule has 0 aromatic heterocycles. The number of fused-ring (bicyclic) bond motifs is 4. The summed E-state index contributed by atoms with van der Waals surface area (Å²) in [5.41, 5.74) is -1.86. The maximum atomic E-state index is 12.3. The average molecular weight is 1050 g/mol. The lowest BCUT2D eigenvalue weighted by molar-refractivity contribution is -0.392. The smallest absolute Gasteiger partial charge is 0.187 e. The van der Waals surface area contributed by atoms with E-state index in [0.29, 0.717) is 19.4 Å². The maximum Gasteiger partial charge on any atom is 0.187 e. The number of allylic oxidation sites excluding steroid dienone is 1. The third kappa shape index (κ3) is 8.34. The highest BCUT2D eigenvalue weighted by Gasteiger charge is 2.79. The van der Waals surface area contributed by atoms with E-state index in [1.165, 1.54) is 0 Å². The van der Waals surface area contributed by atoms with E-state index in [0.717, 1.165) is 38.5 Å². The molecule has 0 aromatic rings. The molecule has 4 saturated carbocycles. The number of aliphatic hydroxyl groups excluding tert-OH is 12. The summed E-state index contributed by atoms with van der Waals surface area (Å²) in [6.45, 7) is 14.5. The third-order valence-electron chi connectivity index (χ3n) is 21.3. The number of rotatable bonds is 10. The molecule has 418 valence electrons. The first-order valence-electron chi connectivity index (χ1n) is 26.8. The Kier molecular flexibility index (Phi) is 14.6. The monoisotopic (exact) mass is 1040 g/mol. The Labute approximate surface area is 426 Å². The second-order valence-corrected chi connectivity index (χ2v) is 25.8. The Morgan fingerprint density at radius 3 is 1.89 bits per heavy atom. The second-order valence-electron chi connectivity index (χ2n) is 25.8. The number of hydrogen-bond donors (Lipinski definition) is 12. The fraction of sp³-hybridized carbons (Fsp3) is 0.962. The van der Waals surface area contributed by atoms with E-state index in [1.807, 2.05) is 0 Å². The first kappa shape index (κ1) is 55.2. The number of ether oxygens (including phenoxy) is 9. The predicted molar refractivity (Wildman–Crippen MR) is 250 cm³/mol. The molecule has 0 amide bonds. The Hall–Kier alpha value is -1.10.